The summed E-state index contributed by atoms with van der Waals surface area (Å²) in [5, 5.41) is 0. The van der Waals surface area contributed by atoms with Gasteiger partial charge in [0.05, 0.1) is 10.6 Å². The second kappa shape index (κ2) is 9.16. The summed E-state index contributed by atoms with van der Waals surface area (Å²) in [6.45, 7) is 3.27. The standard InChI is InChI=1S/C24H24N2O3S2/c1-18-13-14-20(17-21(18)24(27)26-15-7-8-16-26)31(28,29)25-22-11-5-6-12-23(22)30-19-9-3-2-4-10-19/h2-6,9-14,17,25H,7-8,15-16H2,1H3. The van der Waals surface area contributed by atoms with Crippen molar-refractivity contribution in [2.24, 2.45) is 0 Å². The Balaban J connectivity index is 1.61. The molecular weight excluding hydrogens is 428 g/mol. The van der Waals surface area contributed by atoms with E-state index in [-0.39, 0.29) is 10.8 Å². The predicted octanol–water partition coefficient (Wildman–Crippen LogP) is 5.18. The Morgan fingerprint density at radius 3 is 2.35 bits per heavy atom. The van der Waals surface area contributed by atoms with Crippen LogP contribution in [0.1, 0.15) is 28.8 Å². The topological polar surface area (TPSA) is 66.5 Å². The summed E-state index contributed by atoms with van der Waals surface area (Å²) >= 11 is 1.49. The first kappa shape index (κ1) is 21.5. The van der Waals surface area contributed by atoms with E-state index < -0.39 is 10.0 Å². The lowest BCUT2D eigenvalue weighted by Gasteiger charge is -2.18. The smallest absolute Gasteiger partial charge is 0.261 e. The van der Waals surface area contributed by atoms with Gasteiger partial charge in [-0.25, -0.2) is 8.42 Å². The molecule has 1 aliphatic rings. The Labute approximate surface area is 187 Å². The van der Waals surface area contributed by atoms with Crippen LogP contribution >= 0.6 is 11.8 Å². The largest absolute Gasteiger partial charge is 0.339 e. The fourth-order valence-corrected chi connectivity index (χ4v) is 5.64. The summed E-state index contributed by atoms with van der Waals surface area (Å²) in [5.41, 5.74) is 1.72. The van der Waals surface area contributed by atoms with E-state index in [9.17, 15) is 13.2 Å². The van der Waals surface area contributed by atoms with Crippen LogP contribution in [0.4, 0.5) is 5.69 Å². The summed E-state index contributed by atoms with van der Waals surface area (Å²) in [7, 11) is -3.86. The minimum atomic E-state index is -3.86. The first-order chi connectivity index (χ1) is 14.9. The molecule has 0 atom stereocenters. The lowest BCUT2D eigenvalue weighted by molar-refractivity contribution is 0.0792. The van der Waals surface area contributed by atoms with Crippen molar-refractivity contribution in [2.45, 2.75) is 34.5 Å². The number of amides is 1. The maximum atomic E-state index is 13.2. The van der Waals surface area contributed by atoms with Crippen molar-refractivity contribution in [1.29, 1.82) is 0 Å². The molecule has 0 aromatic heterocycles. The summed E-state index contributed by atoms with van der Waals surface area (Å²) in [6, 6.07) is 21.8. The van der Waals surface area contributed by atoms with Crippen molar-refractivity contribution in [2.75, 3.05) is 17.8 Å². The van der Waals surface area contributed by atoms with E-state index in [1.165, 1.54) is 17.8 Å². The molecule has 1 fully saturated rings. The molecule has 4 rings (SSSR count). The molecule has 0 unspecified atom stereocenters. The zero-order valence-corrected chi connectivity index (χ0v) is 18.9. The zero-order chi connectivity index (χ0) is 21.8. The molecule has 3 aromatic carbocycles. The van der Waals surface area contributed by atoms with Gasteiger partial charge < -0.3 is 4.90 Å². The number of benzene rings is 3. The van der Waals surface area contributed by atoms with Crippen LogP contribution in [0.25, 0.3) is 0 Å². The third-order valence-electron chi connectivity index (χ3n) is 5.25. The van der Waals surface area contributed by atoms with Gasteiger partial charge in [0.15, 0.2) is 0 Å². The fourth-order valence-electron chi connectivity index (χ4n) is 3.55. The van der Waals surface area contributed by atoms with Gasteiger partial charge in [0.1, 0.15) is 0 Å². The highest BCUT2D eigenvalue weighted by atomic mass is 32.2. The van der Waals surface area contributed by atoms with Crippen molar-refractivity contribution in [3.05, 3.63) is 83.9 Å². The van der Waals surface area contributed by atoms with Crippen LogP contribution in [-0.2, 0) is 10.0 Å². The maximum Gasteiger partial charge on any atom is 0.261 e. The second-order valence-electron chi connectivity index (χ2n) is 7.49. The SMILES string of the molecule is Cc1ccc(S(=O)(=O)Nc2ccccc2Sc2ccccc2)cc1C(=O)N1CCCC1. The van der Waals surface area contributed by atoms with Crippen LogP contribution in [0, 0.1) is 6.92 Å². The second-order valence-corrected chi connectivity index (χ2v) is 10.3. The number of rotatable bonds is 6. The molecule has 1 N–H and O–H groups in total. The molecule has 1 heterocycles. The Morgan fingerprint density at radius 1 is 0.935 bits per heavy atom. The van der Waals surface area contributed by atoms with Gasteiger partial charge in [-0.1, -0.05) is 48.2 Å². The number of carbonyl (C=O) groups excluding carboxylic acids is 1. The molecule has 1 aliphatic heterocycles. The number of carbonyl (C=O) groups is 1. The minimum absolute atomic E-state index is 0.0835. The number of likely N-dealkylation sites (tertiary alicyclic amines) is 1. The van der Waals surface area contributed by atoms with E-state index >= 15 is 0 Å². The number of nitrogens with zero attached hydrogens (tertiary/aromatic N) is 1. The summed E-state index contributed by atoms with van der Waals surface area (Å²) in [4.78, 5) is 16.6. The van der Waals surface area contributed by atoms with Gasteiger partial charge in [0.2, 0.25) is 0 Å². The van der Waals surface area contributed by atoms with E-state index in [4.69, 9.17) is 0 Å². The van der Waals surface area contributed by atoms with Crippen molar-refractivity contribution >= 4 is 33.4 Å². The molecule has 0 aliphatic carbocycles. The van der Waals surface area contributed by atoms with Gasteiger partial charge in [-0.05, 0) is 61.7 Å². The average molecular weight is 453 g/mol. The molecular formula is C24H24N2O3S2. The summed E-state index contributed by atoms with van der Waals surface area (Å²) in [5.74, 6) is -0.105. The highest BCUT2D eigenvalue weighted by molar-refractivity contribution is 7.99. The fraction of sp³-hybridized carbons (Fsp3) is 0.208. The van der Waals surface area contributed by atoms with Crippen LogP contribution in [0.2, 0.25) is 0 Å². The number of nitrogens with one attached hydrogen (secondary N) is 1. The van der Waals surface area contributed by atoms with Gasteiger partial charge in [0, 0.05) is 28.4 Å². The van der Waals surface area contributed by atoms with Crippen molar-refractivity contribution < 1.29 is 13.2 Å². The molecule has 160 valence electrons. The number of anilines is 1. The van der Waals surface area contributed by atoms with Crippen molar-refractivity contribution in [1.82, 2.24) is 4.90 Å². The van der Waals surface area contributed by atoms with Crippen LogP contribution in [0.5, 0.6) is 0 Å². The first-order valence-corrected chi connectivity index (χ1v) is 12.5. The molecule has 5 nitrogen and oxygen atoms in total. The lowest BCUT2D eigenvalue weighted by Crippen LogP contribution is -2.28. The van der Waals surface area contributed by atoms with E-state index in [1.807, 2.05) is 49.4 Å². The summed E-state index contributed by atoms with van der Waals surface area (Å²) < 4.78 is 29.0. The predicted molar refractivity (Wildman–Crippen MR) is 124 cm³/mol. The van der Waals surface area contributed by atoms with Crippen molar-refractivity contribution in [3.63, 3.8) is 0 Å². The van der Waals surface area contributed by atoms with Gasteiger partial charge in [-0.3, -0.25) is 9.52 Å². The zero-order valence-electron chi connectivity index (χ0n) is 17.2. The number of aryl methyl sites for hydroxylation is 1. The normalized spacial score (nSPS) is 13.9. The number of sulfonamides is 1. The van der Waals surface area contributed by atoms with Gasteiger partial charge in [-0.2, -0.15) is 0 Å². The lowest BCUT2D eigenvalue weighted by atomic mass is 10.1. The first-order valence-electron chi connectivity index (χ1n) is 10.2. The van der Waals surface area contributed by atoms with Gasteiger partial charge in [-0.15, -0.1) is 0 Å². The number of hydrogen-bond acceptors (Lipinski definition) is 4. The van der Waals surface area contributed by atoms with Crippen LogP contribution < -0.4 is 4.72 Å². The maximum absolute atomic E-state index is 13.2. The molecule has 0 saturated carbocycles. The van der Waals surface area contributed by atoms with Crippen LogP contribution in [-0.4, -0.2) is 32.3 Å². The Hall–Kier alpha value is -2.77. The molecule has 31 heavy (non-hydrogen) atoms. The molecule has 1 amide bonds. The quantitative estimate of drug-likeness (QED) is 0.559. The molecule has 3 aromatic rings. The highest BCUT2D eigenvalue weighted by Gasteiger charge is 2.24. The number of hydrogen-bond donors (Lipinski definition) is 1. The monoisotopic (exact) mass is 452 g/mol. The Kier molecular flexibility index (Phi) is 6.34. The number of para-hydroxylation sites is 1. The molecule has 1 saturated heterocycles. The van der Waals surface area contributed by atoms with Crippen LogP contribution in [0.15, 0.2) is 87.5 Å². The van der Waals surface area contributed by atoms with E-state index in [1.54, 1.807) is 29.2 Å². The molecule has 7 heteroatoms. The third kappa shape index (κ3) is 4.94. The Morgan fingerprint density at radius 2 is 1.61 bits per heavy atom. The Bertz CT molecular complexity index is 1190. The molecule has 0 radical (unpaired) electrons. The van der Waals surface area contributed by atoms with E-state index in [0.29, 0.717) is 11.3 Å². The summed E-state index contributed by atoms with van der Waals surface area (Å²) in [6.07, 6.45) is 1.97. The minimum Gasteiger partial charge on any atom is -0.339 e. The van der Waals surface area contributed by atoms with E-state index in [0.717, 1.165) is 41.3 Å². The highest BCUT2D eigenvalue weighted by Crippen LogP contribution is 2.34. The average Bonchev–Trinajstić information content (AvgIpc) is 3.30. The molecule has 0 spiro atoms. The van der Waals surface area contributed by atoms with Gasteiger partial charge >= 0.3 is 0 Å². The van der Waals surface area contributed by atoms with E-state index in [2.05, 4.69) is 4.72 Å². The van der Waals surface area contributed by atoms with Crippen LogP contribution in [0.3, 0.4) is 0 Å². The van der Waals surface area contributed by atoms with Crippen molar-refractivity contribution in [3.8, 4) is 0 Å². The van der Waals surface area contributed by atoms with Gasteiger partial charge in [0.25, 0.3) is 15.9 Å². The third-order valence-corrected chi connectivity index (χ3v) is 7.69. The molecule has 0 bridgehead atoms.